The Hall–Kier alpha value is -1.41. The number of nitrogens with one attached hydrogen (secondary N) is 1. The van der Waals surface area contributed by atoms with Gasteiger partial charge in [0.05, 0.1) is 5.52 Å². The highest BCUT2D eigenvalue weighted by atomic mass is 14.9. The maximum absolute atomic E-state index is 4.38. The number of hydrogen-bond donors (Lipinski definition) is 1. The van der Waals surface area contributed by atoms with E-state index in [9.17, 15) is 0 Å². The number of para-hydroxylation sites is 1. The van der Waals surface area contributed by atoms with Crippen LogP contribution in [0.1, 0.15) is 26.3 Å². The first-order valence-electron chi connectivity index (χ1n) is 6.24. The van der Waals surface area contributed by atoms with Crippen molar-refractivity contribution in [3.8, 4) is 0 Å². The van der Waals surface area contributed by atoms with Crippen molar-refractivity contribution < 1.29 is 0 Å². The lowest BCUT2D eigenvalue weighted by molar-refractivity contribution is 0.427. The van der Waals surface area contributed by atoms with Gasteiger partial charge in [0.15, 0.2) is 0 Å². The van der Waals surface area contributed by atoms with Crippen LogP contribution in [0.2, 0.25) is 0 Å². The quantitative estimate of drug-likeness (QED) is 0.868. The molecule has 0 aliphatic carbocycles. The van der Waals surface area contributed by atoms with Gasteiger partial charge in [0.2, 0.25) is 0 Å². The molecule has 0 saturated heterocycles. The van der Waals surface area contributed by atoms with E-state index in [1.807, 2.05) is 12.3 Å². The standard InChI is InChI=1S/C15H20N2/c1-11(2)12(3)17-10-13-8-9-16-15-7-5-4-6-14(13)15/h4-9,11-12,17H,10H2,1-3H3. The molecule has 1 unspecified atom stereocenters. The minimum Gasteiger partial charge on any atom is -0.310 e. The van der Waals surface area contributed by atoms with Gasteiger partial charge < -0.3 is 5.32 Å². The lowest BCUT2D eigenvalue weighted by atomic mass is 10.1. The van der Waals surface area contributed by atoms with Gasteiger partial charge >= 0.3 is 0 Å². The number of hydrogen-bond acceptors (Lipinski definition) is 2. The molecular formula is C15H20N2. The van der Waals surface area contributed by atoms with Crippen LogP contribution < -0.4 is 5.32 Å². The Balaban J connectivity index is 2.19. The molecule has 0 bridgehead atoms. The van der Waals surface area contributed by atoms with Crippen LogP contribution in [0.5, 0.6) is 0 Å². The van der Waals surface area contributed by atoms with Gasteiger partial charge in [-0.15, -0.1) is 0 Å². The molecule has 2 aromatic rings. The van der Waals surface area contributed by atoms with Crippen molar-refractivity contribution in [1.29, 1.82) is 0 Å². The summed E-state index contributed by atoms with van der Waals surface area (Å²) in [6.45, 7) is 7.61. The number of benzene rings is 1. The molecule has 90 valence electrons. The molecule has 17 heavy (non-hydrogen) atoms. The van der Waals surface area contributed by atoms with E-state index in [0.717, 1.165) is 12.1 Å². The van der Waals surface area contributed by atoms with Crippen LogP contribution in [0.3, 0.4) is 0 Å². The molecule has 2 rings (SSSR count). The largest absolute Gasteiger partial charge is 0.310 e. The lowest BCUT2D eigenvalue weighted by Crippen LogP contribution is -2.30. The minimum absolute atomic E-state index is 0.530. The van der Waals surface area contributed by atoms with Crippen molar-refractivity contribution in [2.24, 2.45) is 5.92 Å². The molecule has 0 amide bonds. The van der Waals surface area contributed by atoms with Gasteiger partial charge in [0, 0.05) is 24.2 Å². The zero-order valence-electron chi connectivity index (χ0n) is 10.8. The molecular weight excluding hydrogens is 208 g/mol. The zero-order chi connectivity index (χ0) is 12.3. The van der Waals surface area contributed by atoms with Crippen molar-refractivity contribution in [2.75, 3.05) is 0 Å². The predicted molar refractivity (Wildman–Crippen MR) is 72.9 cm³/mol. The summed E-state index contributed by atoms with van der Waals surface area (Å²) < 4.78 is 0. The second-order valence-electron chi connectivity index (χ2n) is 4.90. The summed E-state index contributed by atoms with van der Waals surface area (Å²) >= 11 is 0. The fraction of sp³-hybridized carbons (Fsp3) is 0.400. The van der Waals surface area contributed by atoms with Gasteiger partial charge in [0.1, 0.15) is 0 Å². The molecule has 1 N–H and O–H groups in total. The molecule has 1 aromatic carbocycles. The lowest BCUT2D eigenvalue weighted by Gasteiger charge is -2.18. The van der Waals surface area contributed by atoms with Crippen molar-refractivity contribution >= 4 is 10.9 Å². The number of fused-ring (bicyclic) bond motifs is 1. The molecule has 0 fully saturated rings. The molecule has 1 heterocycles. The minimum atomic E-state index is 0.530. The van der Waals surface area contributed by atoms with E-state index in [2.05, 4.69) is 55.3 Å². The molecule has 0 aliphatic rings. The van der Waals surface area contributed by atoms with E-state index in [4.69, 9.17) is 0 Å². The van der Waals surface area contributed by atoms with E-state index in [-0.39, 0.29) is 0 Å². The fourth-order valence-corrected chi connectivity index (χ4v) is 1.82. The summed E-state index contributed by atoms with van der Waals surface area (Å²) in [7, 11) is 0. The van der Waals surface area contributed by atoms with Crippen LogP contribution in [0.15, 0.2) is 36.5 Å². The third-order valence-corrected chi connectivity index (χ3v) is 3.35. The Morgan fingerprint density at radius 3 is 2.65 bits per heavy atom. The highest BCUT2D eigenvalue weighted by Gasteiger charge is 2.07. The highest BCUT2D eigenvalue weighted by Crippen LogP contribution is 2.16. The second kappa shape index (κ2) is 5.28. The maximum Gasteiger partial charge on any atom is 0.0705 e. The van der Waals surface area contributed by atoms with Crippen molar-refractivity contribution in [3.05, 3.63) is 42.1 Å². The average Bonchev–Trinajstić information content (AvgIpc) is 2.35. The van der Waals surface area contributed by atoms with Crippen molar-refractivity contribution in [3.63, 3.8) is 0 Å². The molecule has 2 nitrogen and oxygen atoms in total. The Kier molecular flexibility index (Phi) is 3.75. The van der Waals surface area contributed by atoms with E-state index in [0.29, 0.717) is 12.0 Å². The monoisotopic (exact) mass is 228 g/mol. The Labute approximate surface area is 103 Å². The van der Waals surface area contributed by atoms with Crippen molar-refractivity contribution in [2.45, 2.75) is 33.4 Å². The van der Waals surface area contributed by atoms with E-state index >= 15 is 0 Å². The fourth-order valence-electron chi connectivity index (χ4n) is 1.82. The Morgan fingerprint density at radius 2 is 1.88 bits per heavy atom. The third kappa shape index (κ3) is 2.83. The molecule has 2 heteroatoms. The van der Waals surface area contributed by atoms with Crippen LogP contribution in [0, 0.1) is 5.92 Å². The van der Waals surface area contributed by atoms with Crippen molar-refractivity contribution in [1.82, 2.24) is 10.3 Å². The average molecular weight is 228 g/mol. The summed E-state index contributed by atoms with van der Waals surface area (Å²) in [5.41, 5.74) is 2.40. The SMILES string of the molecule is CC(C)C(C)NCc1ccnc2ccccc12. The Bertz CT molecular complexity index is 486. The molecule has 1 atom stereocenters. The second-order valence-corrected chi connectivity index (χ2v) is 4.90. The first-order chi connectivity index (χ1) is 8.18. The van der Waals surface area contributed by atoms with Gasteiger partial charge in [-0.25, -0.2) is 0 Å². The van der Waals surface area contributed by atoms with Gasteiger partial charge in [0.25, 0.3) is 0 Å². The van der Waals surface area contributed by atoms with Gasteiger partial charge in [-0.1, -0.05) is 32.0 Å². The van der Waals surface area contributed by atoms with Gasteiger partial charge in [-0.05, 0) is 30.5 Å². The van der Waals surface area contributed by atoms with Gasteiger partial charge in [-0.2, -0.15) is 0 Å². The molecule has 1 aromatic heterocycles. The predicted octanol–water partition coefficient (Wildman–Crippen LogP) is 3.37. The van der Waals surface area contributed by atoms with Crippen LogP contribution in [-0.2, 0) is 6.54 Å². The smallest absolute Gasteiger partial charge is 0.0705 e. The summed E-state index contributed by atoms with van der Waals surface area (Å²) in [6.07, 6.45) is 1.89. The first kappa shape index (κ1) is 12.1. The van der Waals surface area contributed by atoms with E-state index in [1.165, 1.54) is 10.9 Å². The summed E-state index contributed by atoms with van der Waals surface area (Å²) in [4.78, 5) is 4.38. The van der Waals surface area contributed by atoms with Crippen LogP contribution in [0.4, 0.5) is 0 Å². The maximum atomic E-state index is 4.38. The van der Waals surface area contributed by atoms with Gasteiger partial charge in [-0.3, -0.25) is 4.98 Å². The number of pyridine rings is 1. The summed E-state index contributed by atoms with van der Waals surface area (Å²) in [6, 6.07) is 10.9. The molecule has 0 aliphatic heterocycles. The topological polar surface area (TPSA) is 24.9 Å². The van der Waals surface area contributed by atoms with Crippen LogP contribution in [-0.4, -0.2) is 11.0 Å². The number of nitrogens with zero attached hydrogens (tertiary/aromatic N) is 1. The number of rotatable bonds is 4. The molecule has 0 saturated carbocycles. The first-order valence-corrected chi connectivity index (χ1v) is 6.24. The molecule has 0 spiro atoms. The Morgan fingerprint density at radius 1 is 1.12 bits per heavy atom. The van der Waals surface area contributed by atoms with Crippen LogP contribution in [0.25, 0.3) is 10.9 Å². The molecule has 0 radical (unpaired) electrons. The highest BCUT2D eigenvalue weighted by molar-refractivity contribution is 5.81. The van der Waals surface area contributed by atoms with Crippen LogP contribution >= 0.6 is 0 Å². The summed E-state index contributed by atoms with van der Waals surface area (Å²) in [5, 5.41) is 4.81. The zero-order valence-corrected chi connectivity index (χ0v) is 10.8. The number of aromatic nitrogens is 1. The third-order valence-electron chi connectivity index (χ3n) is 3.35. The normalized spacial score (nSPS) is 13.2. The van der Waals surface area contributed by atoms with E-state index in [1.54, 1.807) is 0 Å². The van der Waals surface area contributed by atoms with E-state index < -0.39 is 0 Å². The summed E-state index contributed by atoms with van der Waals surface area (Å²) in [5.74, 6) is 0.656.